The molecule has 0 N–H and O–H groups in total. The van der Waals surface area contributed by atoms with E-state index in [-0.39, 0.29) is 0 Å². The van der Waals surface area contributed by atoms with Gasteiger partial charge in [0.15, 0.2) is 0 Å². The van der Waals surface area contributed by atoms with E-state index in [9.17, 15) is 0 Å². The van der Waals surface area contributed by atoms with Crippen molar-refractivity contribution in [2.45, 2.75) is 11.8 Å². The average Bonchev–Trinajstić information content (AvgIpc) is 1.86. The first-order chi connectivity index (χ1) is 2.89. The molecular weight excluding hydrogens is 97.5 g/mol. The summed E-state index contributed by atoms with van der Waals surface area (Å²) in [5.74, 6) is 0. The van der Waals surface area contributed by atoms with Gasteiger partial charge in [-0.2, -0.15) is 0 Å². The molecule has 0 aromatic heterocycles. The fraction of sp³-hybridized carbons (Fsp3) is 0.750. The summed E-state index contributed by atoms with van der Waals surface area (Å²) in [6, 6.07) is 0. The molecule has 0 spiro atoms. The number of rotatable bonds is 0. The second-order valence-corrected chi connectivity index (χ2v) is 2.00. The van der Waals surface area contributed by atoms with Gasteiger partial charge in [0.1, 0.15) is 0 Å². The molecule has 1 aliphatic rings. The molecule has 0 saturated carbocycles. The smallest absolute Gasteiger partial charge is 0.0580 e. The Morgan fingerprint density at radius 2 is 2.67 bits per heavy atom. The van der Waals surface area contributed by atoms with Crippen LogP contribution in [0, 0.1) is 0 Å². The Morgan fingerprint density at radius 1 is 1.83 bits per heavy atom. The first kappa shape index (κ1) is 4.13. The van der Waals surface area contributed by atoms with Crippen LogP contribution in [0.3, 0.4) is 0 Å². The first-order valence-corrected chi connectivity index (χ1v) is 2.45. The van der Waals surface area contributed by atoms with Crippen LogP contribution in [0.1, 0.15) is 6.42 Å². The van der Waals surface area contributed by atoms with Crippen molar-refractivity contribution in [1.82, 2.24) is 0 Å². The molecule has 0 amide bonds. The zero-order chi connectivity index (χ0) is 4.41. The molecule has 2 heteroatoms. The highest BCUT2D eigenvalue weighted by molar-refractivity contribution is 6.22. The summed E-state index contributed by atoms with van der Waals surface area (Å²) in [6.07, 6.45) is 2.83. The maximum absolute atomic E-state index is 5.59. The van der Waals surface area contributed by atoms with Crippen molar-refractivity contribution >= 4 is 17.8 Å². The predicted molar refractivity (Wildman–Crippen MR) is 27.6 cm³/mol. The standard InChI is InChI=1S/C4H6ClN/c5-4-1-2-6-3-4/h2,4H,1,3H2. The lowest BCUT2D eigenvalue weighted by Gasteiger charge is -1.87. The van der Waals surface area contributed by atoms with Crippen LogP contribution in [-0.2, 0) is 0 Å². The highest BCUT2D eigenvalue weighted by Gasteiger charge is 2.04. The number of hydrogen-bond acceptors (Lipinski definition) is 1. The number of alkyl halides is 1. The molecule has 0 aromatic rings. The molecule has 1 rings (SSSR count). The molecule has 1 heterocycles. The topological polar surface area (TPSA) is 12.4 Å². The van der Waals surface area contributed by atoms with Crippen molar-refractivity contribution in [2.75, 3.05) is 6.54 Å². The van der Waals surface area contributed by atoms with E-state index >= 15 is 0 Å². The molecule has 0 bridgehead atoms. The maximum atomic E-state index is 5.59. The predicted octanol–water partition coefficient (Wildman–Crippen LogP) is 1.07. The third kappa shape index (κ3) is 0.716. The average molecular weight is 104 g/mol. The summed E-state index contributed by atoms with van der Waals surface area (Å²) in [5.41, 5.74) is 0. The van der Waals surface area contributed by atoms with Crippen molar-refractivity contribution in [1.29, 1.82) is 0 Å². The van der Waals surface area contributed by atoms with Gasteiger partial charge in [-0.05, 0) is 0 Å². The number of nitrogens with zero attached hydrogens (tertiary/aromatic N) is 1. The molecule has 34 valence electrons. The van der Waals surface area contributed by atoms with E-state index in [0.717, 1.165) is 13.0 Å². The van der Waals surface area contributed by atoms with E-state index < -0.39 is 0 Å². The Bertz CT molecular complexity index is 61.9. The molecule has 0 radical (unpaired) electrons. The molecule has 0 saturated heterocycles. The zero-order valence-electron chi connectivity index (χ0n) is 3.39. The lowest BCUT2D eigenvalue weighted by molar-refractivity contribution is 0.962. The van der Waals surface area contributed by atoms with Crippen LogP contribution in [0.25, 0.3) is 0 Å². The summed E-state index contributed by atoms with van der Waals surface area (Å²) in [5, 5.41) is 0.296. The fourth-order valence-corrected chi connectivity index (χ4v) is 0.612. The Labute approximate surface area is 42.0 Å². The van der Waals surface area contributed by atoms with Gasteiger partial charge in [0.05, 0.1) is 11.9 Å². The van der Waals surface area contributed by atoms with Crippen molar-refractivity contribution in [3.8, 4) is 0 Å². The molecule has 1 unspecified atom stereocenters. The van der Waals surface area contributed by atoms with E-state index in [1.807, 2.05) is 6.21 Å². The first-order valence-electron chi connectivity index (χ1n) is 2.02. The Balaban J connectivity index is 2.32. The highest BCUT2D eigenvalue weighted by atomic mass is 35.5. The van der Waals surface area contributed by atoms with E-state index in [0.29, 0.717) is 5.38 Å². The van der Waals surface area contributed by atoms with Gasteiger partial charge in [-0.25, -0.2) is 0 Å². The third-order valence-electron chi connectivity index (χ3n) is 0.794. The maximum Gasteiger partial charge on any atom is 0.0580 e. The van der Waals surface area contributed by atoms with Gasteiger partial charge in [-0.15, -0.1) is 11.6 Å². The van der Waals surface area contributed by atoms with Gasteiger partial charge in [-0.3, -0.25) is 4.99 Å². The van der Waals surface area contributed by atoms with Crippen LogP contribution in [0.15, 0.2) is 4.99 Å². The third-order valence-corrected chi connectivity index (χ3v) is 1.11. The van der Waals surface area contributed by atoms with Crippen LogP contribution in [0.4, 0.5) is 0 Å². The SMILES string of the molecule is ClC1CC=NC1. The summed E-state index contributed by atoms with van der Waals surface area (Å²) in [6.45, 7) is 0.821. The van der Waals surface area contributed by atoms with E-state index in [1.165, 1.54) is 0 Å². The van der Waals surface area contributed by atoms with Gasteiger partial charge >= 0.3 is 0 Å². The van der Waals surface area contributed by atoms with Gasteiger partial charge in [0.25, 0.3) is 0 Å². The molecule has 1 nitrogen and oxygen atoms in total. The Kier molecular flexibility index (Phi) is 1.10. The van der Waals surface area contributed by atoms with E-state index in [1.54, 1.807) is 0 Å². The fourth-order valence-electron chi connectivity index (χ4n) is 0.452. The van der Waals surface area contributed by atoms with E-state index in [4.69, 9.17) is 11.6 Å². The molecule has 1 aliphatic heterocycles. The summed E-state index contributed by atoms with van der Waals surface area (Å²) in [7, 11) is 0. The highest BCUT2D eigenvalue weighted by Crippen LogP contribution is 2.04. The van der Waals surface area contributed by atoms with Crippen LogP contribution in [0.2, 0.25) is 0 Å². The van der Waals surface area contributed by atoms with E-state index in [2.05, 4.69) is 4.99 Å². The largest absolute Gasteiger partial charge is 0.296 e. The second kappa shape index (κ2) is 1.61. The summed E-state index contributed by atoms with van der Waals surface area (Å²) >= 11 is 5.59. The number of hydrogen-bond donors (Lipinski definition) is 0. The minimum absolute atomic E-state index is 0.296. The summed E-state index contributed by atoms with van der Waals surface area (Å²) in [4.78, 5) is 3.91. The molecular formula is C4H6ClN. The summed E-state index contributed by atoms with van der Waals surface area (Å²) < 4.78 is 0. The monoisotopic (exact) mass is 103 g/mol. The molecule has 0 aromatic carbocycles. The van der Waals surface area contributed by atoms with Gasteiger partial charge in [0.2, 0.25) is 0 Å². The van der Waals surface area contributed by atoms with Crippen LogP contribution in [-0.4, -0.2) is 18.1 Å². The van der Waals surface area contributed by atoms with Crippen molar-refractivity contribution < 1.29 is 0 Å². The Morgan fingerprint density at radius 3 is 2.83 bits per heavy atom. The van der Waals surface area contributed by atoms with Gasteiger partial charge < -0.3 is 0 Å². The number of aliphatic imine (C=N–C) groups is 1. The van der Waals surface area contributed by atoms with Crippen molar-refractivity contribution in [2.24, 2.45) is 4.99 Å². The zero-order valence-corrected chi connectivity index (χ0v) is 4.15. The number of halogens is 1. The van der Waals surface area contributed by atoms with Crippen molar-refractivity contribution in [3.05, 3.63) is 0 Å². The minimum atomic E-state index is 0.296. The normalized spacial score (nSPS) is 31.8. The van der Waals surface area contributed by atoms with Crippen LogP contribution < -0.4 is 0 Å². The van der Waals surface area contributed by atoms with Crippen LogP contribution in [0.5, 0.6) is 0 Å². The lowest BCUT2D eigenvalue weighted by Crippen LogP contribution is -1.93. The van der Waals surface area contributed by atoms with Crippen LogP contribution >= 0.6 is 11.6 Å². The van der Waals surface area contributed by atoms with Gasteiger partial charge in [0, 0.05) is 12.6 Å². The molecule has 1 atom stereocenters. The Hall–Kier alpha value is -0.0400. The van der Waals surface area contributed by atoms with Gasteiger partial charge in [-0.1, -0.05) is 0 Å². The molecule has 6 heavy (non-hydrogen) atoms. The minimum Gasteiger partial charge on any atom is -0.296 e. The molecule has 0 fully saturated rings. The second-order valence-electron chi connectivity index (χ2n) is 1.38. The quantitative estimate of drug-likeness (QED) is 0.407. The molecule has 0 aliphatic carbocycles. The lowest BCUT2D eigenvalue weighted by atomic mass is 10.4. The van der Waals surface area contributed by atoms with Crippen molar-refractivity contribution in [3.63, 3.8) is 0 Å².